The number of ether oxygens (including phenoxy) is 1. The van der Waals surface area contributed by atoms with Crippen LogP contribution in [0, 0.1) is 0 Å². The molecule has 1 aliphatic heterocycles. The fraction of sp³-hybridized carbons (Fsp3) is 0.200. The van der Waals surface area contributed by atoms with Crippen molar-refractivity contribution in [3.8, 4) is 11.1 Å². The second-order valence-electron chi connectivity index (χ2n) is 6.19. The average molecular weight is 347 g/mol. The maximum absolute atomic E-state index is 5.50. The number of hydrogen-bond donors (Lipinski definition) is 0. The Morgan fingerprint density at radius 3 is 2.68 bits per heavy atom. The number of hydrogen-bond acceptors (Lipinski definition) is 5. The summed E-state index contributed by atoms with van der Waals surface area (Å²) in [5.41, 5.74) is 2.43. The monoisotopic (exact) mass is 347 g/mol. The summed E-state index contributed by atoms with van der Waals surface area (Å²) in [4.78, 5) is 12.5. The first-order chi connectivity index (χ1) is 12.4. The van der Waals surface area contributed by atoms with Crippen LogP contribution in [0.3, 0.4) is 0 Å². The standard InChI is InChI=1S/C20H17N3OS/c1-2-4-15-11-16(6-5-14(15)3-1)17-12-25-20-18(17)19(21-13-22-20)23-7-9-24-10-8-23/h1-6,11-13H,7-10H2. The molecule has 1 aliphatic rings. The molecular weight excluding hydrogens is 330 g/mol. The molecule has 0 bridgehead atoms. The van der Waals surface area contributed by atoms with Crippen LogP contribution in [0.2, 0.25) is 0 Å². The lowest BCUT2D eigenvalue weighted by atomic mass is 10.0. The summed E-state index contributed by atoms with van der Waals surface area (Å²) in [7, 11) is 0. The molecule has 4 nitrogen and oxygen atoms in total. The van der Waals surface area contributed by atoms with E-state index in [2.05, 4.69) is 62.7 Å². The van der Waals surface area contributed by atoms with Gasteiger partial charge in [-0.3, -0.25) is 0 Å². The molecule has 1 saturated heterocycles. The Labute approximate surface area is 149 Å². The van der Waals surface area contributed by atoms with E-state index in [1.165, 1.54) is 21.9 Å². The Balaban J connectivity index is 1.69. The minimum Gasteiger partial charge on any atom is -0.378 e. The van der Waals surface area contributed by atoms with Crippen molar-refractivity contribution < 1.29 is 4.74 Å². The van der Waals surface area contributed by atoms with Crippen molar-refractivity contribution in [3.05, 3.63) is 54.2 Å². The van der Waals surface area contributed by atoms with Crippen molar-refractivity contribution >= 4 is 38.1 Å². The molecule has 0 aliphatic carbocycles. The third kappa shape index (κ3) is 2.56. The van der Waals surface area contributed by atoms with Gasteiger partial charge < -0.3 is 9.64 Å². The summed E-state index contributed by atoms with van der Waals surface area (Å²) in [6.07, 6.45) is 1.67. The van der Waals surface area contributed by atoms with Gasteiger partial charge in [0.05, 0.1) is 18.6 Å². The van der Waals surface area contributed by atoms with Crippen molar-refractivity contribution in [1.29, 1.82) is 0 Å². The smallest absolute Gasteiger partial charge is 0.141 e. The number of anilines is 1. The Morgan fingerprint density at radius 1 is 0.960 bits per heavy atom. The molecule has 1 fully saturated rings. The van der Waals surface area contributed by atoms with Crippen molar-refractivity contribution in [2.24, 2.45) is 0 Å². The maximum Gasteiger partial charge on any atom is 0.141 e. The highest BCUT2D eigenvalue weighted by Gasteiger charge is 2.19. The minimum atomic E-state index is 0.751. The molecule has 124 valence electrons. The number of aromatic nitrogens is 2. The zero-order chi connectivity index (χ0) is 16.6. The van der Waals surface area contributed by atoms with Crippen molar-refractivity contribution in [3.63, 3.8) is 0 Å². The summed E-state index contributed by atoms with van der Waals surface area (Å²) in [5.74, 6) is 1.03. The van der Waals surface area contributed by atoms with Gasteiger partial charge >= 0.3 is 0 Å². The van der Waals surface area contributed by atoms with E-state index in [4.69, 9.17) is 4.74 Å². The second kappa shape index (κ2) is 6.10. The van der Waals surface area contributed by atoms with E-state index < -0.39 is 0 Å². The summed E-state index contributed by atoms with van der Waals surface area (Å²) in [6, 6.07) is 15.1. The van der Waals surface area contributed by atoms with E-state index in [0.717, 1.165) is 42.3 Å². The van der Waals surface area contributed by atoms with Gasteiger partial charge in [0.25, 0.3) is 0 Å². The van der Waals surface area contributed by atoms with Crippen LogP contribution in [0.5, 0.6) is 0 Å². The SMILES string of the molecule is c1ccc2cc(-c3csc4ncnc(N5CCOCC5)c34)ccc2c1. The summed E-state index contributed by atoms with van der Waals surface area (Å²) in [5, 5.41) is 5.87. The highest BCUT2D eigenvalue weighted by atomic mass is 32.1. The third-order valence-corrected chi connectivity index (χ3v) is 5.61. The van der Waals surface area contributed by atoms with Gasteiger partial charge in [0.1, 0.15) is 17.0 Å². The highest BCUT2D eigenvalue weighted by Crippen LogP contribution is 2.38. The van der Waals surface area contributed by atoms with Crippen molar-refractivity contribution in [2.75, 3.05) is 31.2 Å². The number of rotatable bonds is 2. The fourth-order valence-corrected chi connectivity index (χ4v) is 4.35. The fourth-order valence-electron chi connectivity index (χ4n) is 3.44. The molecule has 0 spiro atoms. The first-order valence-electron chi connectivity index (χ1n) is 8.44. The van der Waals surface area contributed by atoms with Crippen LogP contribution in [0.25, 0.3) is 32.1 Å². The van der Waals surface area contributed by atoms with Crippen molar-refractivity contribution in [2.45, 2.75) is 0 Å². The van der Waals surface area contributed by atoms with Gasteiger partial charge in [-0.1, -0.05) is 36.4 Å². The lowest BCUT2D eigenvalue weighted by molar-refractivity contribution is 0.122. The Morgan fingerprint density at radius 2 is 1.80 bits per heavy atom. The minimum absolute atomic E-state index is 0.751. The van der Waals surface area contributed by atoms with Crippen LogP contribution in [0.1, 0.15) is 0 Å². The Kier molecular flexibility index (Phi) is 3.61. The van der Waals surface area contributed by atoms with E-state index in [9.17, 15) is 0 Å². The molecule has 0 amide bonds. The molecule has 0 saturated carbocycles. The zero-order valence-corrected chi connectivity index (χ0v) is 14.5. The summed E-state index contributed by atoms with van der Waals surface area (Å²) >= 11 is 1.68. The van der Waals surface area contributed by atoms with Crippen LogP contribution in [-0.2, 0) is 4.74 Å². The quantitative estimate of drug-likeness (QED) is 0.540. The summed E-state index contributed by atoms with van der Waals surface area (Å²) in [6.45, 7) is 3.25. The summed E-state index contributed by atoms with van der Waals surface area (Å²) < 4.78 is 5.50. The van der Waals surface area contributed by atoms with Crippen LogP contribution in [-0.4, -0.2) is 36.3 Å². The van der Waals surface area contributed by atoms with Crippen molar-refractivity contribution in [1.82, 2.24) is 9.97 Å². The molecule has 5 heteroatoms. The predicted octanol–water partition coefficient (Wildman–Crippen LogP) is 4.35. The highest BCUT2D eigenvalue weighted by molar-refractivity contribution is 7.17. The van der Waals surface area contributed by atoms with Gasteiger partial charge in [-0.15, -0.1) is 11.3 Å². The molecule has 5 rings (SSSR count). The molecule has 0 unspecified atom stereocenters. The van der Waals surface area contributed by atoms with Crippen LogP contribution in [0.4, 0.5) is 5.82 Å². The number of morpholine rings is 1. The van der Waals surface area contributed by atoms with Gasteiger partial charge in [0.2, 0.25) is 0 Å². The molecule has 4 aromatic rings. The maximum atomic E-state index is 5.50. The van der Waals surface area contributed by atoms with Gasteiger partial charge in [0.15, 0.2) is 0 Å². The van der Waals surface area contributed by atoms with Gasteiger partial charge in [0, 0.05) is 24.0 Å². The topological polar surface area (TPSA) is 38.2 Å². The molecule has 2 aromatic carbocycles. The zero-order valence-electron chi connectivity index (χ0n) is 13.7. The second-order valence-corrected chi connectivity index (χ2v) is 7.05. The third-order valence-electron chi connectivity index (χ3n) is 4.72. The lowest BCUT2D eigenvalue weighted by Gasteiger charge is -2.28. The molecule has 25 heavy (non-hydrogen) atoms. The van der Waals surface area contributed by atoms with Crippen LogP contribution < -0.4 is 4.90 Å². The molecule has 3 heterocycles. The predicted molar refractivity (Wildman–Crippen MR) is 103 cm³/mol. The van der Waals surface area contributed by atoms with Crippen LogP contribution in [0.15, 0.2) is 54.2 Å². The van der Waals surface area contributed by atoms with Gasteiger partial charge in [-0.2, -0.15) is 0 Å². The number of fused-ring (bicyclic) bond motifs is 2. The first kappa shape index (κ1) is 14.8. The Bertz CT molecular complexity index is 1050. The van der Waals surface area contributed by atoms with Crippen LogP contribution >= 0.6 is 11.3 Å². The van der Waals surface area contributed by atoms with Gasteiger partial charge in [-0.05, 0) is 22.4 Å². The molecule has 0 N–H and O–H groups in total. The molecule has 0 radical (unpaired) electrons. The van der Waals surface area contributed by atoms with E-state index in [0.29, 0.717) is 0 Å². The first-order valence-corrected chi connectivity index (χ1v) is 9.32. The molecular formula is C20H17N3OS. The number of thiophene rings is 1. The average Bonchev–Trinajstić information content (AvgIpc) is 3.12. The number of benzene rings is 2. The van der Waals surface area contributed by atoms with E-state index in [1.54, 1.807) is 17.7 Å². The largest absolute Gasteiger partial charge is 0.378 e. The lowest BCUT2D eigenvalue weighted by Crippen LogP contribution is -2.36. The van der Waals surface area contributed by atoms with E-state index in [1.807, 2.05) is 0 Å². The Hall–Kier alpha value is -2.50. The van der Waals surface area contributed by atoms with Gasteiger partial charge in [-0.25, -0.2) is 9.97 Å². The molecule has 2 aromatic heterocycles. The van der Waals surface area contributed by atoms with E-state index in [-0.39, 0.29) is 0 Å². The number of nitrogens with zero attached hydrogens (tertiary/aromatic N) is 3. The van der Waals surface area contributed by atoms with E-state index >= 15 is 0 Å². The molecule has 0 atom stereocenters. The normalized spacial score (nSPS) is 15.1.